The molecule has 0 unspecified atom stereocenters. The Morgan fingerprint density at radius 2 is 1.22 bits per heavy atom. The molecule has 0 rings (SSSR count). The van der Waals surface area contributed by atoms with Gasteiger partial charge in [-0.2, -0.15) is 0 Å². The first-order chi connectivity index (χ1) is 7.80. The quantitative estimate of drug-likeness (QED) is 0.349. The van der Waals surface area contributed by atoms with Crippen LogP contribution in [-0.4, -0.2) is 24.2 Å². The normalized spacial score (nSPS) is 12.9. The van der Waals surface area contributed by atoms with Crippen molar-refractivity contribution in [1.29, 1.82) is 0 Å². The Bertz CT molecular complexity index is 348. The average Bonchev–Trinajstić information content (AvgIpc) is 2.05. The smallest absolute Gasteiger partial charge is 0.0827 e. The molecule has 0 aromatic heterocycles. The first kappa shape index (κ1) is 17.9. The summed E-state index contributed by atoms with van der Waals surface area (Å²) in [5.41, 5.74) is 3.92. The van der Waals surface area contributed by atoms with Crippen LogP contribution in [0.3, 0.4) is 0 Å². The topological polar surface area (TPSA) is 0 Å². The molecule has 0 radical (unpaired) electrons. The van der Waals surface area contributed by atoms with Crippen LogP contribution in [0.25, 0.3) is 0 Å². The van der Waals surface area contributed by atoms with Crippen LogP contribution in [0.1, 0.15) is 6.42 Å². The minimum Gasteiger partial charge on any atom is -0.135 e. The lowest BCUT2D eigenvalue weighted by Gasteiger charge is -2.30. The maximum Gasteiger partial charge on any atom is 0.0827 e. The van der Waals surface area contributed by atoms with Crippen molar-refractivity contribution < 1.29 is 0 Å². The molecule has 104 valence electrons. The largest absolute Gasteiger partial charge is 0.135 e. The third-order valence-electron chi connectivity index (χ3n) is 3.03. The summed E-state index contributed by atoms with van der Waals surface area (Å²) in [4.78, 5) is 1.70. The Hall–Kier alpha value is -0.0894. The standard InChI is InChI=1S/C15H32Si3/c1-11-12-14(16(2,3)4)13-15(17(5,6)7)18(8,9)10/h11H,1,12H2,2-10H3. The van der Waals surface area contributed by atoms with E-state index in [0.29, 0.717) is 0 Å². The SMILES string of the molecule is C=CCC(=C=C([Si](C)(C)C)[Si](C)(C)C)[Si](C)(C)C. The molecule has 0 fully saturated rings. The Balaban J connectivity index is 6.12. The van der Waals surface area contributed by atoms with E-state index in [1.165, 1.54) is 0 Å². The Labute approximate surface area is 118 Å². The van der Waals surface area contributed by atoms with Crippen molar-refractivity contribution >= 4 is 24.2 Å². The van der Waals surface area contributed by atoms with E-state index in [9.17, 15) is 0 Å². The second-order valence-electron chi connectivity index (χ2n) is 8.22. The van der Waals surface area contributed by atoms with Crippen LogP contribution in [0, 0.1) is 0 Å². The second kappa shape index (κ2) is 5.91. The predicted molar refractivity (Wildman–Crippen MR) is 95.4 cm³/mol. The van der Waals surface area contributed by atoms with E-state index in [1.807, 2.05) is 6.08 Å². The summed E-state index contributed by atoms with van der Waals surface area (Å²) >= 11 is 0. The van der Waals surface area contributed by atoms with Crippen LogP contribution in [0.4, 0.5) is 0 Å². The van der Waals surface area contributed by atoms with Gasteiger partial charge in [-0.15, -0.1) is 12.3 Å². The summed E-state index contributed by atoms with van der Waals surface area (Å²) in [6.45, 7) is 26.0. The molecule has 0 saturated heterocycles. The van der Waals surface area contributed by atoms with Crippen LogP contribution in [0.15, 0.2) is 28.4 Å². The zero-order valence-corrected chi connectivity index (χ0v) is 17.0. The molecule has 0 aliphatic carbocycles. The third kappa shape index (κ3) is 5.70. The molecule has 18 heavy (non-hydrogen) atoms. The van der Waals surface area contributed by atoms with Crippen LogP contribution in [0.2, 0.25) is 58.9 Å². The molecule has 0 N–H and O–H groups in total. The van der Waals surface area contributed by atoms with Crippen molar-refractivity contribution in [3.8, 4) is 0 Å². The zero-order valence-electron chi connectivity index (χ0n) is 14.0. The van der Waals surface area contributed by atoms with Crippen LogP contribution in [0.5, 0.6) is 0 Å². The van der Waals surface area contributed by atoms with Gasteiger partial charge in [0.05, 0.1) is 24.2 Å². The minimum atomic E-state index is -1.27. The van der Waals surface area contributed by atoms with Crippen molar-refractivity contribution in [1.82, 2.24) is 0 Å². The van der Waals surface area contributed by atoms with Gasteiger partial charge in [-0.25, -0.2) is 0 Å². The molecule has 0 amide bonds. The van der Waals surface area contributed by atoms with Crippen molar-refractivity contribution in [2.45, 2.75) is 65.3 Å². The fourth-order valence-corrected chi connectivity index (χ4v) is 13.9. The summed E-state index contributed by atoms with van der Waals surface area (Å²) < 4.78 is 0. The van der Waals surface area contributed by atoms with E-state index in [-0.39, 0.29) is 0 Å². The Morgan fingerprint density at radius 1 is 0.833 bits per heavy atom. The Morgan fingerprint density at radius 3 is 1.44 bits per heavy atom. The van der Waals surface area contributed by atoms with Crippen LogP contribution < -0.4 is 0 Å². The van der Waals surface area contributed by atoms with Gasteiger partial charge in [0.15, 0.2) is 0 Å². The van der Waals surface area contributed by atoms with Gasteiger partial charge in [0.2, 0.25) is 0 Å². The summed E-state index contributed by atoms with van der Waals surface area (Å²) in [6.07, 6.45) is 3.07. The van der Waals surface area contributed by atoms with E-state index in [4.69, 9.17) is 0 Å². The van der Waals surface area contributed by atoms with Crippen LogP contribution in [-0.2, 0) is 0 Å². The molecule has 0 bridgehead atoms. The average molecular weight is 297 g/mol. The second-order valence-corrected chi connectivity index (χ2v) is 23.8. The van der Waals surface area contributed by atoms with Gasteiger partial charge >= 0.3 is 0 Å². The van der Waals surface area contributed by atoms with E-state index < -0.39 is 24.2 Å². The lowest BCUT2D eigenvalue weighted by molar-refractivity contribution is 1.32. The summed E-state index contributed by atoms with van der Waals surface area (Å²) in [5, 5.41) is 1.55. The molecule has 0 aromatic rings. The molecular weight excluding hydrogens is 264 g/mol. The highest BCUT2D eigenvalue weighted by molar-refractivity contribution is 7.04. The van der Waals surface area contributed by atoms with E-state index in [1.54, 1.807) is 10.0 Å². The minimum absolute atomic E-state index is 1.02. The molecule has 3 heteroatoms. The van der Waals surface area contributed by atoms with Gasteiger partial charge in [-0.1, -0.05) is 69.8 Å². The molecule has 0 aliphatic heterocycles. The van der Waals surface area contributed by atoms with Crippen molar-refractivity contribution in [3.63, 3.8) is 0 Å². The summed E-state index contributed by atoms with van der Waals surface area (Å²) in [6, 6.07) is 0. The molecule has 0 heterocycles. The maximum atomic E-state index is 3.92. The first-order valence-corrected chi connectivity index (χ1v) is 17.4. The highest BCUT2D eigenvalue weighted by atomic mass is 28.4. The van der Waals surface area contributed by atoms with E-state index in [0.717, 1.165) is 6.42 Å². The molecular formula is C15H32Si3. The molecule has 0 aliphatic rings. The van der Waals surface area contributed by atoms with Gasteiger partial charge in [0, 0.05) is 0 Å². The lowest BCUT2D eigenvalue weighted by atomic mass is 10.4. The Kier molecular flexibility index (Phi) is 5.88. The third-order valence-corrected chi connectivity index (χ3v) is 12.9. The monoisotopic (exact) mass is 296 g/mol. The molecule has 0 atom stereocenters. The number of hydrogen-bond acceptors (Lipinski definition) is 0. The van der Waals surface area contributed by atoms with Gasteiger partial charge in [-0.3, -0.25) is 0 Å². The van der Waals surface area contributed by atoms with E-state index >= 15 is 0 Å². The van der Waals surface area contributed by atoms with Crippen LogP contribution >= 0.6 is 0 Å². The molecule has 0 nitrogen and oxygen atoms in total. The van der Waals surface area contributed by atoms with Gasteiger partial charge in [0.1, 0.15) is 0 Å². The molecule has 0 aromatic carbocycles. The lowest BCUT2D eigenvalue weighted by Crippen LogP contribution is -2.40. The maximum absolute atomic E-state index is 3.92. The van der Waals surface area contributed by atoms with Gasteiger partial charge in [0.25, 0.3) is 0 Å². The number of allylic oxidation sites excluding steroid dienone is 2. The highest BCUT2D eigenvalue weighted by Crippen LogP contribution is 2.27. The fourth-order valence-electron chi connectivity index (χ4n) is 2.34. The van der Waals surface area contributed by atoms with Gasteiger partial charge < -0.3 is 0 Å². The predicted octanol–water partition coefficient (Wildman–Crippen LogP) is 5.65. The van der Waals surface area contributed by atoms with Crippen molar-refractivity contribution in [2.24, 2.45) is 0 Å². The molecule has 0 spiro atoms. The van der Waals surface area contributed by atoms with Crippen molar-refractivity contribution in [2.75, 3.05) is 0 Å². The number of hydrogen-bond donors (Lipinski definition) is 0. The zero-order chi connectivity index (χ0) is 14.8. The molecule has 0 saturated carbocycles. The summed E-state index contributed by atoms with van der Waals surface area (Å²) in [7, 11) is -3.79. The first-order valence-electron chi connectivity index (χ1n) is 6.92. The van der Waals surface area contributed by atoms with Gasteiger partial charge in [-0.05, 0) is 11.6 Å². The number of rotatable bonds is 5. The fraction of sp³-hybridized carbons (Fsp3) is 0.667. The summed E-state index contributed by atoms with van der Waals surface area (Å²) in [5.74, 6) is 0. The highest BCUT2D eigenvalue weighted by Gasteiger charge is 2.31. The van der Waals surface area contributed by atoms with Crippen molar-refractivity contribution in [3.05, 3.63) is 28.4 Å². The van der Waals surface area contributed by atoms with E-state index in [2.05, 4.69) is 71.2 Å².